The second-order valence-electron chi connectivity index (χ2n) is 6.19. The van der Waals surface area contributed by atoms with Gasteiger partial charge in [0, 0.05) is 22.4 Å². The molecular weight excluding hydrogens is 314 g/mol. The van der Waals surface area contributed by atoms with Crippen LogP contribution in [0.1, 0.15) is 13.3 Å². The Balaban J connectivity index is 0.000000948. The molecule has 1 heterocycles. The highest BCUT2D eigenvalue weighted by Gasteiger charge is 2.16. The van der Waals surface area contributed by atoms with E-state index in [9.17, 15) is 0 Å². The molecule has 0 fully saturated rings. The van der Waals surface area contributed by atoms with Crippen molar-refractivity contribution >= 4 is 27.5 Å². The van der Waals surface area contributed by atoms with Crippen molar-refractivity contribution in [2.24, 2.45) is 5.92 Å². The Morgan fingerprint density at radius 2 is 1.58 bits per heavy atom. The summed E-state index contributed by atoms with van der Waals surface area (Å²) in [5, 5.41) is 2.62. The van der Waals surface area contributed by atoms with Gasteiger partial charge in [-0.1, -0.05) is 67.3 Å². The predicted octanol–water partition coefficient (Wildman–Crippen LogP) is 7.15. The second kappa shape index (κ2) is 7.88. The minimum absolute atomic E-state index is 0.435. The maximum Gasteiger partial charge on any atom is 0.0540 e. The molecule has 0 bridgehead atoms. The molecule has 130 valence electrons. The van der Waals surface area contributed by atoms with Crippen molar-refractivity contribution in [1.82, 2.24) is 4.57 Å². The number of benzene rings is 2. The van der Waals surface area contributed by atoms with E-state index in [1.54, 1.807) is 0 Å². The van der Waals surface area contributed by atoms with Crippen molar-refractivity contribution in [3.05, 3.63) is 104 Å². The van der Waals surface area contributed by atoms with Crippen LogP contribution in [-0.4, -0.2) is 4.57 Å². The van der Waals surface area contributed by atoms with Gasteiger partial charge in [-0.15, -0.1) is 13.2 Å². The van der Waals surface area contributed by atoms with Crippen LogP contribution < -0.4 is 0 Å². The summed E-state index contributed by atoms with van der Waals surface area (Å²) in [6.45, 7) is 12.0. The smallest absolute Gasteiger partial charge is 0.0540 e. The molecule has 1 aliphatic rings. The Bertz CT molecular complexity index is 973. The molecule has 0 saturated heterocycles. The SMILES string of the molecule is C=C.C=C/C(=C\C)C1C=CC(n2c3ccccc3c3ccccc32)=CC1. The van der Waals surface area contributed by atoms with Crippen LogP contribution in [0.3, 0.4) is 0 Å². The zero-order valence-electron chi connectivity index (χ0n) is 15.4. The Hall–Kier alpha value is -3.06. The van der Waals surface area contributed by atoms with Gasteiger partial charge in [0.25, 0.3) is 0 Å². The number of hydrogen-bond donors (Lipinski definition) is 0. The molecule has 1 unspecified atom stereocenters. The van der Waals surface area contributed by atoms with Crippen molar-refractivity contribution < 1.29 is 0 Å². The molecule has 1 aromatic heterocycles. The number of aromatic nitrogens is 1. The average molecular weight is 339 g/mol. The zero-order chi connectivity index (χ0) is 18.5. The lowest BCUT2D eigenvalue weighted by atomic mass is 9.91. The topological polar surface area (TPSA) is 4.93 Å². The van der Waals surface area contributed by atoms with Crippen molar-refractivity contribution in [3.8, 4) is 0 Å². The van der Waals surface area contributed by atoms with E-state index in [4.69, 9.17) is 0 Å². The Morgan fingerprint density at radius 1 is 1.00 bits per heavy atom. The van der Waals surface area contributed by atoms with Gasteiger partial charge in [-0.3, -0.25) is 0 Å². The molecule has 4 rings (SSSR count). The molecule has 1 nitrogen and oxygen atoms in total. The summed E-state index contributed by atoms with van der Waals surface area (Å²) in [4.78, 5) is 0. The molecule has 0 amide bonds. The van der Waals surface area contributed by atoms with Gasteiger partial charge in [-0.2, -0.15) is 0 Å². The Morgan fingerprint density at radius 3 is 2.04 bits per heavy atom. The van der Waals surface area contributed by atoms with Crippen LogP contribution >= 0.6 is 0 Å². The summed E-state index contributed by atoms with van der Waals surface area (Å²) in [6, 6.07) is 17.3. The number of para-hydroxylation sites is 2. The molecule has 1 heteroatoms. The molecule has 0 N–H and O–H groups in total. The van der Waals surface area contributed by atoms with E-state index < -0.39 is 0 Å². The Labute approximate surface area is 156 Å². The molecule has 3 aromatic rings. The van der Waals surface area contributed by atoms with Crippen LogP contribution in [0, 0.1) is 5.92 Å². The quantitative estimate of drug-likeness (QED) is 0.353. The molecule has 2 aromatic carbocycles. The van der Waals surface area contributed by atoms with E-state index in [2.05, 4.69) is 104 Å². The highest BCUT2D eigenvalue weighted by molar-refractivity contribution is 6.10. The fraction of sp³-hybridized carbons (Fsp3) is 0.120. The lowest BCUT2D eigenvalue weighted by Gasteiger charge is -2.19. The first-order valence-electron chi connectivity index (χ1n) is 8.99. The second-order valence-corrected chi connectivity index (χ2v) is 6.19. The summed E-state index contributed by atoms with van der Waals surface area (Å²) >= 11 is 0. The fourth-order valence-electron chi connectivity index (χ4n) is 3.71. The Kier molecular flexibility index (Phi) is 5.38. The summed E-state index contributed by atoms with van der Waals surface area (Å²) in [5.74, 6) is 0.435. The summed E-state index contributed by atoms with van der Waals surface area (Å²) in [7, 11) is 0. The van der Waals surface area contributed by atoms with Crippen LogP contribution in [0.25, 0.3) is 27.5 Å². The van der Waals surface area contributed by atoms with E-state index in [1.165, 1.54) is 33.1 Å². The maximum absolute atomic E-state index is 3.93. The average Bonchev–Trinajstić information content (AvgIpc) is 3.06. The number of nitrogens with zero attached hydrogens (tertiary/aromatic N) is 1. The molecule has 0 saturated carbocycles. The van der Waals surface area contributed by atoms with Crippen LogP contribution in [-0.2, 0) is 0 Å². The summed E-state index contributed by atoms with van der Waals surface area (Å²) in [5.41, 5.74) is 5.08. The van der Waals surface area contributed by atoms with E-state index in [-0.39, 0.29) is 0 Å². The van der Waals surface area contributed by atoms with Gasteiger partial charge in [0.1, 0.15) is 0 Å². The lowest BCUT2D eigenvalue weighted by Crippen LogP contribution is -2.05. The van der Waals surface area contributed by atoms with Crippen LogP contribution in [0.4, 0.5) is 0 Å². The molecule has 1 aliphatic carbocycles. The monoisotopic (exact) mass is 339 g/mol. The van der Waals surface area contributed by atoms with Crippen LogP contribution in [0.5, 0.6) is 0 Å². The van der Waals surface area contributed by atoms with Gasteiger partial charge in [0.15, 0.2) is 0 Å². The van der Waals surface area contributed by atoms with Gasteiger partial charge < -0.3 is 4.57 Å². The predicted molar refractivity (Wildman–Crippen MR) is 116 cm³/mol. The first-order chi connectivity index (χ1) is 12.8. The third-order valence-corrected chi connectivity index (χ3v) is 4.92. The highest BCUT2D eigenvalue weighted by Crippen LogP contribution is 2.34. The van der Waals surface area contributed by atoms with Crippen molar-refractivity contribution in [1.29, 1.82) is 0 Å². The minimum atomic E-state index is 0.435. The molecular formula is C25H25N. The van der Waals surface area contributed by atoms with Crippen molar-refractivity contribution in [2.45, 2.75) is 13.3 Å². The van der Waals surface area contributed by atoms with Gasteiger partial charge in [0.05, 0.1) is 11.0 Å². The van der Waals surface area contributed by atoms with Crippen LogP contribution in [0.15, 0.2) is 104 Å². The normalized spacial score (nSPS) is 16.9. The van der Waals surface area contributed by atoms with E-state index in [1.807, 2.05) is 6.08 Å². The van der Waals surface area contributed by atoms with Gasteiger partial charge in [-0.25, -0.2) is 0 Å². The van der Waals surface area contributed by atoms with E-state index >= 15 is 0 Å². The molecule has 0 radical (unpaired) electrons. The van der Waals surface area contributed by atoms with Crippen molar-refractivity contribution in [3.63, 3.8) is 0 Å². The third-order valence-electron chi connectivity index (χ3n) is 4.92. The third kappa shape index (κ3) is 2.97. The molecule has 0 aliphatic heterocycles. The minimum Gasteiger partial charge on any atom is -0.310 e. The fourth-order valence-corrected chi connectivity index (χ4v) is 3.71. The standard InChI is InChI=1S/C23H21N.C2H4/c1-3-17(4-2)18-13-15-19(16-14-18)24-22-11-7-5-9-20(22)21-10-6-8-12-23(21)24;1-2/h3-13,15-16,18H,1,14H2,2H3;1-2H2/b17-4+;. The van der Waals surface area contributed by atoms with Crippen molar-refractivity contribution in [2.75, 3.05) is 0 Å². The van der Waals surface area contributed by atoms with Gasteiger partial charge in [-0.05, 0) is 37.1 Å². The van der Waals surface area contributed by atoms with Crippen LogP contribution in [0.2, 0.25) is 0 Å². The van der Waals surface area contributed by atoms with E-state index in [0.717, 1.165) is 6.42 Å². The largest absolute Gasteiger partial charge is 0.310 e. The molecule has 0 spiro atoms. The highest BCUT2D eigenvalue weighted by atomic mass is 15.0. The van der Waals surface area contributed by atoms with Gasteiger partial charge >= 0.3 is 0 Å². The molecule has 26 heavy (non-hydrogen) atoms. The number of fused-ring (bicyclic) bond motifs is 3. The maximum atomic E-state index is 3.93. The van der Waals surface area contributed by atoms with Gasteiger partial charge in [0.2, 0.25) is 0 Å². The number of hydrogen-bond acceptors (Lipinski definition) is 0. The lowest BCUT2D eigenvalue weighted by molar-refractivity contribution is 0.783. The first-order valence-corrected chi connectivity index (χ1v) is 8.99. The first kappa shape index (κ1) is 17.8. The number of allylic oxidation sites excluding steroid dienone is 7. The number of rotatable bonds is 3. The molecule has 1 atom stereocenters. The summed E-state index contributed by atoms with van der Waals surface area (Å²) in [6.07, 6.45) is 12.0. The summed E-state index contributed by atoms with van der Waals surface area (Å²) < 4.78 is 2.38. The zero-order valence-corrected chi connectivity index (χ0v) is 15.4. The van der Waals surface area contributed by atoms with E-state index in [0.29, 0.717) is 5.92 Å².